The number of nitrogens with one attached hydrogen (secondary N) is 1. The van der Waals surface area contributed by atoms with Crippen molar-refractivity contribution in [1.82, 2.24) is 5.43 Å². The fourth-order valence-electron chi connectivity index (χ4n) is 1.55. The van der Waals surface area contributed by atoms with Crippen molar-refractivity contribution in [3.8, 4) is 11.5 Å². The third-order valence-corrected chi connectivity index (χ3v) is 3.24. The average molecular weight is 304 g/mol. The van der Waals surface area contributed by atoms with Gasteiger partial charge in [-0.15, -0.1) is 11.3 Å². The number of para-hydroxylation sites is 2. The fourth-order valence-corrected chi connectivity index (χ4v) is 2.14. The van der Waals surface area contributed by atoms with Gasteiger partial charge in [0.2, 0.25) is 0 Å². The van der Waals surface area contributed by atoms with Gasteiger partial charge in [0, 0.05) is 4.88 Å². The third-order valence-electron chi connectivity index (χ3n) is 2.43. The lowest BCUT2D eigenvalue weighted by Gasteiger charge is -2.10. The van der Waals surface area contributed by atoms with Crippen molar-refractivity contribution < 1.29 is 14.3 Å². The standard InChI is InChI=1S/C15H16N2O3S/c1-2-19-13-7-3-4-8-14(13)20-11-15(18)17-16-10-12-6-5-9-21-12/h3-10H,2,11H2,1H3,(H,17,18). The van der Waals surface area contributed by atoms with E-state index in [1.165, 1.54) is 0 Å². The molecular weight excluding hydrogens is 288 g/mol. The highest BCUT2D eigenvalue weighted by molar-refractivity contribution is 7.11. The maximum Gasteiger partial charge on any atom is 0.277 e. The molecule has 0 aliphatic rings. The van der Waals surface area contributed by atoms with E-state index in [1.807, 2.05) is 36.6 Å². The van der Waals surface area contributed by atoms with Crippen LogP contribution in [0.5, 0.6) is 11.5 Å². The minimum absolute atomic E-state index is 0.119. The zero-order chi connectivity index (χ0) is 14.9. The maximum absolute atomic E-state index is 11.6. The van der Waals surface area contributed by atoms with Crippen molar-refractivity contribution in [2.75, 3.05) is 13.2 Å². The van der Waals surface area contributed by atoms with E-state index in [0.717, 1.165) is 4.88 Å². The van der Waals surface area contributed by atoms with Crippen LogP contribution in [0.15, 0.2) is 46.9 Å². The molecule has 0 fully saturated rings. The summed E-state index contributed by atoms with van der Waals surface area (Å²) in [6.45, 7) is 2.31. The smallest absolute Gasteiger partial charge is 0.277 e. The van der Waals surface area contributed by atoms with Crippen molar-refractivity contribution in [1.29, 1.82) is 0 Å². The Hall–Kier alpha value is -2.34. The van der Waals surface area contributed by atoms with Gasteiger partial charge in [0.1, 0.15) is 0 Å². The summed E-state index contributed by atoms with van der Waals surface area (Å²) in [6.07, 6.45) is 1.59. The molecule has 1 N–H and O–H groups in total. The number of ether oxygens (including phenoxy) is 2. The van der Waals surface area contributed by atoms with Crippen LogP contribution >= 0.6 is 11.3 Å². The predicted molar refractivity (Wildman–Crippen MR) is 83.2 cm³/mol. The van der Waals surface area contributed by atoms with E-state index in [2.05, 4.69) is 10.5 Å². The Morgan fingerprint density at radius 2 is 2.00 bits per heavy atom. The van der Waals surface area contributed by atoms with Crippen LogP contribution < -0.4 is 14.9 Å². The molecule has 0 radical (unpaired) electrons. The van der Waals surface area contributed by atoms with Crippen LogP contribution in [-0.2, 0) is 4.79 Å². The number of hydrazone groups is 1. The van der Waals surface area contributed by atoms with Gasteiger partial charge in [0.15, 0.2) is 18.1 Å². The Morgan fingerprint density at radius 1 is 1.24 bits per heavy atom. The number of amides is 1. The number of thiophene rings is 1. The minimum atomic E-state index is -0.325. The predicted octanol–water partition coefficient (Wildman–Crippen LogP) is 2.68. The van der Waals surface area contributed by atoms with E-state index in [1.54, 1.807) is 29.7 Å². The van der Waals surface area contributed by atoms with E-state index >= 15 is 0 Å². The molecule has 1 aromatic carbocycles. The molecule has 0 aliphatic carbocycles. The van der Waals surface area contributed by atoms with Crippen molar-refractivity contribution in [3.05, 3.63) is 46.7 Å². The molecule has 0 saturated heterocycles. The van der Waals surface area contributed by atoms with Crippen LogP contribution in [0.4, 0.5) is 0 Å². The molecule has 5 nitrogen and oxygen atoms in total. The van der Waals surface area contributed by atoms with Gasteiger partial charge in [-0.05, 0) is 30.5 Å². The molecule has 0 saturated carbocycles. The van der Waals surface area contributed by atoms with Crippen molar-refractivity contribution in [2.45, 2.75) is 6.92 Å². The van der Waals surface area contributed by atoms with E-state index in [9.17, 15) is 4.79 Å². The largest absolute Gasteiger partial charge is 0.490 e. The lowest BCUT2D eigenvalue weighted by molar-refractivity contribution is -0.123. The van der Waals surface area contributed by atoms with Gasteiger partial charge < -0.3 is 9.47 Å². The molecule has 1 amide bonds. The van der Waals surface area contributed by atoms with Crippen LogP contribution in [0.25, 0.3) is 0 Å². The number of benzene rings is 1. The summed E-state index contributed by atoms with van der Waals surface area (Å²) in [5.41, 5.74) is 2.41. The lowest BCUT2D eigenvalue weighted by atomic mass is 10.3. The molecule has 0 atom stereocenters. The number of rotatable bonds is 7. The molecule has 1 aromatic heterocycles. The molecule has 1 heterocycles. The lowest BCUT2D eigenvalue weighted by Crippen LogP contribution is -2.24. The number of carbonyl (C=O) groups excluding carboxylic acids is 1. The van der Waals surface area contributed by atoms with E-state index in [-0.39, 0.29) is 12.5 Å². The van der Waals surface area contributed by atoms with Gasteiger partial charge >= 0.3 is 0 Å². The first kappa shape index (κ1) is 15.1. The molecule has 21 heavy (non-hydrogen) atoms. The SMILES string of the molecule is CCOc1ccccc1OCC(=O)NN=Cc1cccs1. The van der Waals surface area contributed by atoms with Gasteiger partial charge in [-0.1, -0.05) is 18.2 Å². The van der Waals surface area contributed by atoms with Crippen molar-refractivity contribution >= 4 is 23.5 Å². The Morgan fingerprint density at radius 3 is 2.67 bits per heavy atom. The molecule has 2 rings (SSSR count). The molecule has 0 aliphatic heterocycles. The highest BCUT2D eigenvalue weighted by Gasteiger charge is 2.06. The average Bonchev–Trinajstić information content (AvgIpc) is 3.00. The van der Waals surface area contributed by atoms with Crippen molar-refractivity contribution in [3.63, 3.8) is 0 Å². The van der Waals surface area contributed by atoms with E-state index in [4.69, 9.17) is 9.47 Å². The van der Waals surface area contributed by atoms with Crippen molar-refractivity contribution in [2.24, 2.45) is 5.10 Å². The van der Waals surface area contributed by atoms with Gasteiger partial charge in [-0.2, -0.15) is 5.10 Å². The zero-order valence-electron chi connectivity index (χ0n) is 11.6. The molecule has 0 spiro atoms. The second kappa shape index (κ2) is 8.06. The maximum atomic E-state index is 11.6. The number of nitrogens with zero attached hydrogens (tertiary/aromatic N) is 1. The van der Waals surface area contributed by atoms with Crippen LogP contribution in [0.2, 0.25) is 0 Å². The summed E-state index contributed by atoms with van der Waals surface area (Å²) in [6, 6.07) is 11.1. The highest BCUT2D eigenvalue weighted by Crippen LogP contribution is 2.26. The summed E-state index contributed by atoms with van der Waals surface area (Å²) in [4.78, 5) is 12.6. The summed E-state index contributed by atoms with van der Waals surface area (Å²) < 4.78 is 10.8. The van der Waals surface area contributed by atoms with Crippen LogP contribution in [0, 0.1) is 0 Å². The summed E-state index contributed by atoms with van der Waals surface area (Å²) >= 11 is 1.54. The molecule has 0 unspecified atom stereocenters. The Labute approximate surface area is 127 Å². The first-order valence-corrected chi connectivity index (χ1v) is 7.37. The molecule has 6 heteroatoms. The Balaban J connectivity index is 1.81. The summed E-state index contributed by atoms with van der Waals surface area (Å²) in [5, 5.41) is 5.80. The Bertz CT molecular complexity index is 597. The minimum Gasteiger partial charge on any atom is -0.490 e. The monoisotopic (exact) mass is 304 g/mol. The topological polar surface area (TPSA) is 59.9 Å². The van der Waals surface area contributed by atoms with Gasteiger partial charge in [-0.25, -0.2) is 5.43 Å². The normalized spacial score (nSPS) is 10.5. The third kappa shape index (κ3) is 4.92. The second-order valence-electron chi connectivity index (χ2n) is 3.98. The number of hydrogen-bond acceptors (Lipinski definition) is 5. The number of hydrogen-bond donors (Lipinski definition) is 1. The first-order valence-electron chi connectivity index (χ1n) is 6.49. The van der Waals surface area contributed by atoms with Gasteiger partial charge in [0.25, 0.3) is 5.91 Å². The quantitative estimate of drug-likeness (QED) is 0.632. The summed E-state index contributed by atoms with van der Waals surface area (Å²) in [7, 11) is 0. The van der Waals surface area contributed by atoms with Gasteiger partial charge in [-0.3, -0.25) is 4.79 Å². The van der Waals surface area contributed by atoms with Gasteiger partial charge in [0.05, 0.1) is 12.8 Å². The van der Waals surface area contributed by atoms with E-state index < -0.39 is 0 Å². The van der Waals surface area contributed by atoms with E-state index in [0.29, 0.717) is 18.1 Å². The number of carbonyl (C=O) groups is 1. The molecular formula is C15H16N2O3S. The zero-order valence-corrected chi connectivity index (χ0v) is 12.4. The molecule has 110 valence electrons. The summed E-state index contributed by atoms with van der Waals surface area (Å²) in [5.74, 6) is 0.834. The Kier molecular flexibility index (Phi) is 5.78. The first-order chi connectivity index (χ1) is 10.3. The van der Waals surface area contributed by atoms with Crippen LogP contribution in [0.1, 0.15) is 11.8 Å². The highest BCUT2D eigenvalue weighted by atomic mass is 32.1. The van der Waals surface area contributed by atoms with Crippen LogP contribution in [-0.4, -0.2) is 25.3 Å². The fraction of sp³-hybridized carbons (Fsp3) is 0.200. The van der Waals surface area contributed by atoms with Crippen LogP contribution in [0.3, 0.4) is 0 Å². The molecule has 0 bridgehead atoms. The molecule has 2 aromatic rings. The second-order valence-corrected chi connectivity index (χ2v) is 4.96.